The van der Waals surface area contributed by atoms with Gasteiger partial charge in [0.05, 0.1) is 6.10 Å². The van der Waals surface area contributed by atoms with Crippen LogP contribution in [-0.4, -0.2) is 38.8 Å². The van der Waals surface area contributed by atoms with Crippen molar-refractivity contribution in [3.05, 3.63) is 10.5 Å². The van der Waals surface area contributed by atoms with Gasteiger partial charge in [-0.25, -0.2) is 4.79 Å². The molecule has 4 N–H and O–H groups in total. The number of aromatic nitrogens is 4. The molecular weight excluding hydrogens is 308 g/mol. The molecule has 2 aromatic heterocycles. The average Bonchev–Trinajstić information content (AvgIpc) is 2.90. The van der Waals surface area contributed by atoms with E-state index in [0.29, 0.717) is 29.5 Å². The number of rotatable bonds is 7. The molecule has 1 atom stereocenters. The SMILES string of the molecule is CCCCNc1nc(N)c2[nH]c(=O)n(CCC3CCCCO3)c2n1. The van der Waals surface area contributed by atoms with E-state index in [1.165, 1.54) is 6.42 Å². The summed E-state index contributed by atoms with van der Waals surface area (Å²) in [6.45, 7) is 4.28. The number of nitrogen functional groups attached to an aromatic ring is 1. The predicted molar refractivity (Wildman–Crippen MR) is 94.2 cm³/mol. The first kappa shape index (κ1) is 16.8. The molecule has 8 nitrogen and oxygen atoms in total. The monoisotopic (exact) mass is 334 g/mol. The number of aromatic amines is 1. The van der Waals surface area contributed by atoms with E-state index in [0.717, 1.165) is 45.3 Å². The molecule has 1 aliphatic heterocycles. The second-order valence-electron chi connectivity index (χ2n) is 6.27. The van der Waals surface area contributed by atoms with Crippen LogP contribution in [0, 0.1) is 0 Å². The van der Waals surface area contributed by atoms with Crippen LogP contribution in [0.25, 0.3) is 11.2 Å². The Kier molecular flexibility index (Phi) is 5.34. The zero-order valence-corrected chi connectivity index (χ0v) is 14.2. The fourth-order valence-electron chi connectivity index (χ4n) is 3.02. The predicted octanol–water partition coefficient (Wildman–Crippen LogP) is 1.87. The second kappa shape index (κ2) is 7.65. The quantitative estimate of drug-likeness (QED) is 0.667. The van der Waals surface area contributed by atoms with Gasteiger partial charge in [-0.3, -0.25) is 4.57 Å². The van der Waals surface area contributed by atoms with Crippen LogP contribution in [0.15, 0.2) is 4.79 Å². The Balaban J connectivity index is 1.80. The molecule has 0 aliphatic carbocycles. The average molecular weight is 334 g/mol. The Morgan fingerprint density at radius 2 is 2.29 bits per heavy atom. The summed E-state index contributed by atoms with van der Waals surface area (Å²) in [4.78, 5) is 23.7. The summed E-state index contributed by atoms with van der Waals surface area (Å²) in [5.41, 5.74) is 6.84. The maximum atomic E-state index is 12.3. The smallest absolute Gasteiger partial charge is 0.327 e. The van der Waals surface area contributed by atoms with Crippen molar-refractivity contribution in [1.29, 1.82) is 0 Å². The number of nitrogens with two attached hydrogens (primary N) is 1. The minimum absolute atomic E-state index is 0.201. The van der Waals surface area contributed by atoms with Gasteiger partial charge in [-0.2, -0.15) is 9.97 Å². The Bertz CT molecular complexity index is 732. The van der Waals surface area contributed by atoms with Crippen molar-refractivity contribution in [2.24, 2.45) is 0 Å². The summed E-state index contributed by atoms with van der Waals surface area (Å²) in [5.74, 6) is 0.763. The molecule has 132 valence electrons. The van der Waals surface area contributed by atoms with Gasteiger partial charge in [0.25, 0.3) is 0 Å². The fourth-order valence-corrected chi connectivity index (χ4v) is 3.02. The molecule has 0 spiro atoms. The minimum Gasteiger partial charge on any atom is -0.382 e. The number of H-pyrrole nitrogens is 1. The van der Waals surface area contributed by atoms with Gasteiger partial charge in [0.15, 0.2) is 11.5 Å². The zero-order valence-electron chi connectivity index (χ0n) is 14.2. The van der Waals surface area contributed by atoms with Crippen LogP contribution in [-0.2, 0) is 11.3 Å². The number of nitrogens with one attached hydrogen (secondary N) is 2. The number of anilines is 2. The summed E-state index contributed by atoms with van der Waals surface area (Å²) in [6.07, 6.45) is 6.50. The minimum atomic E-state index is -0.201. The normalized spacial score (nSPS) is 18.1. The molecule has 0 amide bonds. The molecule has 24 heavy (non-hydrogen) atoms. The van der Waals surface area contributed by atoms with Crippen LogP contribution in [0.5, 0.6) is 0 Å². The van der Waals surface area contributed by atoms with Crippen molar-refractivity contribution in [2.75, 3.05) is 24.2 Å². The maximum Gasteiger partial charge on any atom is 0.327 e. The molecule has 1 unspecified atom stereocenters. The number of nitrogens with zero attached hydrogens (tertiary/aromatic N) is 3. The van der Waals surface area contributed by atoms with Crippen LogP contribution in [0.4, 0.5) is 11.8 Å². The molecule has 8 heteroatoms. The van der Waals surface area contributed by atoms with Crippen molar-refractivity contribution in [3.63, 3.8) is 0 Å². The Labute approximate surface area is 140 Å². The first-order valence-corrected chi connectivity index (χ1v) is 8.80. The molecule has 0 bridgehead atoms. The molecule has 2 aromatic rings. The number of unbranched alkanes of at least 4 members (excludes halogenated alkanes) is 1. The highest BCUT2D eigenvalue weighted by molar-refractivity contribution is 5.82. The summed E-state index contributed by atoms with van der Waals surface area (Å²) < 4.78 is 7.38. The highest BCUT2D eigenvalue weighted by Gasteiger charge is 2.17. The van der Waals surface area contributed by atoms with Crippen molar-refractivity contribution in [1.82, 2.24) is 19.5 Å². The Morgan fingerprint density at radius 1 is 1.42 bits per heavy atom. The number of aryl methyl sites for hydroxylation is 1. The van der Waals surface area contributed by atoms with Gasteiger partial charge in [-0.1, -0.05) is 13.3 Å². The molecule has 0 aromatic carbocycles. The Morgan fingerprint density at radius 3 is 3.04 bits per heavy atom. The number of hydrogen-bond acceptors (Lipinski definition) is 6. The van der Waals surface area contributed by atoms with Gasteiger partial charge < -0.3 is 20.8 Å². The molecule has 0 radical (unpaired) electrons. The van der Waals surface area contributed by atoms with Gasteiger partial charge in [0.1, 0.15) is 5.52 Å². The largest absolute Gasteiger partial charge is 0.382 e. The van der Waals surface area contributed by atoms with Crippen molar-refractivity contribution < 1.29 is 4.74 Å². The van der Waals surface area contributed by atoms with E-state index < -0.39 is 0 Å². The molecule has 1 saturated heterocycles. The second-order valence-corrected chi connectivity index (χ2v) is 6.27. The van der Waals surface area contributed by atoms with Crippen LogP contribution < -0.4 is 16.7 Å². The van der Waals surface area contributed by atoms with Crippen LogP contribution in [0.3, 0.4) is 0 Å². The summed E-state index contributed by atoms with van der Waals surface area (Å²) in [5, 5.41) is 3.16. The third-order valence-electron chi connectivity index (χ3n) is 4.41. The molecular formula is C16H26N6O2. The summed E-state index contributed by atoms with van der Waals surface area (Å²) >= 11 is 0. The van der Waals surface area contributed by atoms with Gasteiger partial charge in [-0.05, 0) is 32.1 Å². The van der Waals surface area contributed by atoms with E-state index in [9.17, 15) is 4.79 Å². The van der Waals surface area contributed by atoms with Gasteiger partial charge in [0.2, 0.25) is 5.95 Å². The molecule has 3 rings (SSSR count). The van der Waals surface area contributed by atoms with Gasteiger partial charge in [-0.15, -0.1) is 0 Å². The van der Waals surface area contributed by atoms with Gasteiger partial charge >= 0.3 is 5.69 Å². The highest BCUT2D eigenvalue weighted by Crippen LogP contribution is 2.19. The van der Waals surface area contributed by atoms with E-state index in [1.54, 1.807) is 4.57 Å². The molecule has 3 heterocycles. The van der Waals surface area contributed by atoms with Crippen LogP contribution in [0.1, 0.15) is 45.4 Å². The number of fused-ring (bicyclic) bond motifs is 1. The van der Waals surface area contributed by atoms with E-state index in [-0.39, 0.29) is 11.8 Å². The first-order valence-electron chi connectivity index (χ1n) is 8.80. The van der Waals surface area contributed by atoms with E-state index >= 15 is 0 Å². The van der Waals surface area contributed by atoms with Crippen LogP contribution >= 0.6 is 0 Å². The summed E-state index contributed by atoms with van der Waals surface area (Å²) in [7, 11) is 0. The lowest BCUT2D eigenvalue weighted by Gasteiger charge is -2.22. The van der Waals surface area contributed by atoms with Crippen molar-refractivity contribution in [3.8, 4) is 0 Å². The van der Waals surface area contributed by atoms with Crippen LogP contribution in [0.2, 0.25) is 0 Å². The Hall–Kier alpha value is -2.09. The van der Waals surface area contributed by atoms with Crippen molar-refractivity contribution >= 4 is 22.9 Å². The van der Waals surface area contributed by atoms with E-state index in [2.05, 4.69) is 27.2 Å². The lowest BCUT2D eigenvalue weighted by atomic mass is 10.1. The van der Waals surface area contributed by atoms with E-state index in [1.807, 2.05) is 0 Å². The number of hydrogen-bond donors (Lipinski definition) is 3. The number of imidazole rings is 1. The van der Waals surface area contributed by atoms with Crippen molar-refractivity contribution in [2.45, 2.75) is 58.1 Å². The molecule has 0 saturated carbocycles. The molecule has 1 aliphatic rings. The summed E-state index contributed by atoms with van der Waals surface area (Å²) in [6, 6.07) is 0. The third kappa shape index (κ3) is 3.69. The lowest BCUT2D eigenvalue weighted by Crippen LogP contribution is -2.24. The van der Waals surface area contributed by atoms with E-state index in [4.69, 9.17) is 10.5 Å². The topological polar surface area (TPSA) is 111 Å². The first-order chi connectivity index (χ1) is 11.7. The fraction of sp³-hybridized carbons (Fsp3) is 0.688. The zero-order chi connectivity index (χ0) is 16.9. The van der Waals surface area contributed by atoms with Gasteiger partial charge in [0, 0.05) is 19.7 Å². The molecule has 1 fully saturated rings. The maximum absolute atomic E-state index is 12.3. The third-order valence-corrected chi connectivity index (χ3v) is 4.41. The highest BCUT2D eigenvalue weighted by atomic mass is 16.5. The standard InChI is InChI=1S/C16H26N6O2/c1-2-3-8-18-15-20-13(17)12-14(21-15)22(16(23)19-12)9-7-11-6-4-5-10-24-11/h11H,2-10H2,1H3,(H,19,23)(H3,17,18,20,21). The number of ether oxygens (including phenoxy) is 1. The lowest BCUT2D eigenvalue weighted by molar-refractivity contribution is 0.00883.